The second-order valence-electron chi connectivity index (χ2n) is 5.05. The topological polar surface area (TPSA) is 63.6 Å². The van der Waals surface area contributed by atoms with Crippen LogP contribution in [0.5, 0.6) is 0 Å². The minimum absolute atomic E-state index is 0.229. The van der Waals surface area contributed by atoms with Gasteiger partial charge in [0.05, 0.1) is 11.9 Å². The number of hydrogen-bond donors (Lipinski definition) is 1. The monoisotopic (exact) mass is 322 g/mol. The third-order valence-corrected chi connectivity index (χ3v) is 3.77. The van der Waals surface area contributed by atoms with E-state index < -0.39 is 0 Å². The number of fused-ring (bicyclic) bond motifs is 1. The van der Waals surface area contributed by atoms with Gasteiger partial charge in [-0.25, -0.2) is 9.67 Å². The quantitative estimate of drug-likeness (QED) is 0.615. The fraction of sp³-hybridized carbons (Fsp3) is 0. The zero-order valence-corrected chi connectivity index (χ0v) is 12.7. The average molecular weight is 323 g/mol. The van der Waals surface area contributed by atoms with Crippen molar-refractivity contribution in [1.82, 2.24) is 19.7 Å². The van der Waals surface area contributed by atoms with Crippen LogP contribution in [0.1, 0.15) is 0 Å². The van der Waals surface area contributed by atoms with Gasteiger partial charge in [0.15, 0.2) is 5.65 Å². The van der Waals surface area contributed by atoms with E-state index >= 15 is 0 Å². The van der Waals surface area contributed by atoms with E-state index in [1.807, 2.05) is 42.5 Å². The molecule has 0 bridgehead atoms. The van der Waals surface area contributed by atoms with Crippen molar-refractivity contribution in [3.05, 3.63) is 76.2 Å². The van der Waals surface area contributed by atoms with Crippen molar-refractivity contribution < 1.29 is 0 Å². The molecule has 2 aromatic carbocycles. The Morgan fingerprint density at radius 2 is 1.87 bits per heavy atom. The van der Waals surface area contributed by atoms with Crippen LogP contribution in [0, 0.1) is 0 Å². The maximum Gasteiger partial charge on any atom is 0.262 e. The molecule has 0 aliphatic heterocycles. The largest absolute Gasteiger partial charge is 0.306 e. The summed E-state index contributed by atoms with van der Waals surface area (Å²) in [5.41, 5.74) is 1.87. The summed E-state index contributed by atoms with van der Waals surface area (Å²) in [6, 6.07) is 16.8. The number of benzene rings is 2. The van der Waals surface area contributed by atoms with Crippen molar-refractivity contribution >= 4 is 22.6 Å². The molecule has 0 radical (unpaired) electrons. The lowest BCUT2D eigenvalue weighted by atomic mass is 10.2. The Morgan fingerprint density at radius 3 is 2.65 bits per heavy atom. The molecular formula is C17H11ClN4O. The van der Waals surface area contributed by atoms with E-state index in [1.54, 1.807) is 16.8 Å². The molecule has 112 valence electrons. The van der Waals surface area contributed by atoms with Gasteiger partial charge in [-0.05, 0) is 24.3 Å². The van der Waals surface area contributed by atoms with E-state index in [0.717, 1.165) is 11.3 Å². The van der Waals surface area contributed by atoms with Crippen molar-refractivity contribution in [2.24, 2.45) is 0 Å². The molecule has 2 aromatic heterocycles. The highest BCUT2D eigenvalue weighted by atomic mass is 35.5. The molecule has 4 rings (SSSR count). The van der Waals surface area contributed by atoms with E-state index in [1.165, 1.54) is 6.20 Å². The van der Waals surface area contributed by atoms with Crippen LogP contribution in [-0.4, -0.2) is 19.7 Å². The number of hydrogen-bond acceptors (Lipinski definition) is 3. The molecule has 1 N–H and O–H groups in total. The highest BCUT2D eigenvalue weighted by Gasteiger charge is 2.12. The lowest BCUT2D eigenvalue weighted by Crippen LogP contribution is -2.10. The van der Waals surface area contributed by atoms with Crippen molar-refractivity contribution in [3.8, 4) is 17.1 Å². The minimum atomic E-state index is -0.229. The molecule has 0 aliphatic carbocycles. The smallest absolute Gasteiger partial charge is 0.262 e. The van der Waals surface area contributed by atoms with Crippen LogP contribution in [0.3, 0.4) is 0 Å². The lowest BCUT2D eigenvalue weighted by Gasteiger charge is -2.05. The van der Waals surface area contributed by atoms with E-state index in [-0.39, 0.29) is 5.56 Å². The third kappa shape index (κ3) is 2.41. The standard InChI is InChI=1S/C17H11ClN4O/c18-12-6-4-5-11(9-12)15-20-16-14(17(23)21-15)10-19-22(16)13-7-2-1-3-8-13/h1-10H,(H,20,21,23). The van der Waals surface area contributed by atoms with Gasteiger partial charge in [-0.3, -0.25) is 4.79 Å². The Labute approximate surface area is 136 Å². The fourth-order valence-electron chi connectivity index (χ4n) is 2.45. The first-order valence-electron chi connectivity index (χ1n) is 7.02. The van der Waals surface area contributed by atoms with Gasteiger partial charge in [-0.1, -0.05) is 41.9 Å². The number of halogens is 1. The van der Waals surface area contributed by atoms with Gasteiger partial charge >= 0.3 is 0 Å². The van der Waals surface area contributed by atoms with E-state index in [0.29, 0.717) is 21.9 Å². The van der Waals surface area contributed by atoms with Crippen LogP contribution in [0.15, 0.2) is 65.6 Å². The number of nitrogens with zero attached hydrogens (tertiary/aromatic N) is 3. The van der Waals surface area contributed by atoms with Crippen LogP contribution in [0.2, 0.25) is 5.02 Å². The van der Waals surface area contributed by atoms with Crippen molar-refractivity contribution in [1.29, 1.82) is 0 Å². The van der Waals surface area contributed by atoms with E-state index in [9.17, 15) is 4.79 Å². The first kappa shape index (κ1) is 13.7. The highest BCUT2D eigenvalue weighted by molar-refractivity contribution is 6.30. The zero-order chi connectivity index (χ0) is 15.8. The summed E-state index contributed by atoms with van der Waals surface area (Å²) in [5, 5.41) is 5.32. The summed E-state index contributed by atoms with van der Waals surface area (Å²) in [5.74, 6) is 0.461. The molecule has 6 heteroatoms. The maximum atomic E-state index is 12.3. The predicted molar refractivity (Wildman–Crippen MR) is 89.9 cm³/mol. The van der Waals surface area contributed by atoms with Crippen molar-refractivity contribution in [2.45, 2.75) is 0 Å². The first-order chi connectivity index (χ1) is 11.2. The molecular weight excluding hydrogens is 312 g/mol. The Bertz CT molecular complexity index is 1050. The molecule has 0 fully saturated rings. The lowest BCUT2D eigenvalue weighted by molar-refractivity contribution is 0.895. The second-order valence-corrected chi connectivity index (χ2v) is 5.49. The highest BCUT2D eigenvalue weighted by Crippen LogP contribution is 2.21. The zero-order valence-electron chi connectivity index (χ0n) is 11.9. The Kier molecular flexibility index (Phi) is 3.20. The molecule has 5 nitrogen and oxygen atoms in total. The molecule has 0 unspecified atom stereocenters. The third-order valence-electron chi connectivity index (χ3n) is 3.54. The predicted octanol–water partition coefficient (Wildman–Crippen LogP) is 3.43. The summed E-state index contributed by atoms with van der Waals surface area (Å²) in [4.78, 5) is 19.7. The van der Waals surface area contributed by atoms with Crippen LogP contribution in [0.4, 0.5) is 0 Å². The number of H-pyrrole nitrogens is 1. The van der Waals surface area contributed by atoms with E-state index in [2.05, 4.69) is 15.1 Å². The Morgan fingerprint density at radius 1 is 1.04 bits per heavy atom. The SMILES string of the molecule is O=c1[nH]c(-c2cccc(Cl)c2)nc2c1cnn2-c1ccccc1. The molecule has 0 spiro atoms. The molecule has 23 heavy (non-hydrogen) atoms. The molecule has 0 saturated heterocycles. The van der Waals surface area contributed by atoms with E-state index in [4.69, 9.17) is 11.6 Å². The second kappa shape index (κ2) is 5.37. The fourth-order valence-corrected chi connectivity index (χ4v) is 2.64. The average Bonchev–Trinajstić information content (AvgIpc) is 3.00. The summed E-state index contributed by atoms with van der Waals surface area (Å²) < 4.78 is 1.65. The molecule has 0 atom stereocenters. The first-order valence-corrected chi connectivity index (χ1v) is 7.39. The van der Waals surface area contributed by atoms with Gasteiger partial charge in [0.1, 0.15) is 11.2 Å². The maximum absolute atomic E-state index is 12.3. The van der Waals surface area contributed by atoms with Crippen molar-refractivity contribution in [2.75, 3.05) is 0 Å². The number of aromatic nitrogens is 4. The van der Waals surface area contributed by atoms with Crippen molar-refractivity contribution in [3.63, 3.8) is 0 Å². The number of nitrogens with one attached hydrogen (secondary N) is 1. The van der Waals surface area contributed by atoms with Crippen LogP contribution >= 0.6 is 11.6 Å². The molecule has 0 amide bonds. The molecule has 0 aliphatic rings. The van der Waals surface area contributed by atoms with Gasteiger partial charge in [0, 0.05) is 10.6 Å². The summed E-state index contributed by atoms with van der Waals surface area (Å²) in [6.07, 6.45) is 1.52. The Hall–Kier alpha value is -2.92. The van der Waals surface area contributed by atoms with Gasteiger partial charge in [-0.2, -0.15) is 5.10 Å². The van der Waals surface area contributed by atoms with Crippen LogP contribution in [0.25, 0.3) is 28.1 Å². The van der Waals surface area contributed by atoms with Gasteiger partial charge in [0.2, 0.25) is 0 Å². The summed E-state index contributed by atoms with van der Waals surface area (Å²) in [6.45, 7) is 0. The Balaban J connectivity index is 1.98. The van der Waals surface area contributed by atoms with Crippen LogP contribution < -0.4 is 5.56 Å². The number of aromatic amines is 1. The van der Waals surface area contributed by atoms with Gasteiger partial charge < -0.3 is 4.98 Å². The molecule has 0 saturated carbocycles. The molecule has 4 aromatic rings. The van der Waals surface area contributed by atoms with Gasteiger partial charge in [0.25, 0.3) is 5.56 Å². The van der Waals surface area contributed by atoms with Gasteiger partial charge in [-0.15, -0.1) is 0 Å². The molecule has 2 heterocycles. The normalized spacial score (nSPS) is 11.0. The summed E-state index contributed by atoms with van der Waals surface area (Å²) in [7, 11) is 0. The number of rotatable bonds is 2. The minimum Gasteiger partial charge on any atom is -0.306 e. The number of para-hydroxylation sites is 1. The van der Waals surface area contributed by atoms with Crippen LogP contribution in [-0.2, 0) is 0 Å². The summed E-state index contributed by atoms with van der Waals surface area (Å²) >= 11 is 6.02.